The minimum Gasteiger partial charge on any atom is -0.449 e. The molecule has 2 aromatic carbocycles. The summed E-state index contributed by atoms with van der Waals surface area (Å²) in [6.45, 7) is 1.41. The molecule has 170 valence electrons. The molecule has 1 aliphatic rings. The van der Waals surface area contributed by atoms with Gasteiger partial charge in [-0.05, 0) is 50.1 Å². The van der Waals surface area contributed by atoms with E-state index >= 15 is 0 Å². The summed E-state index contributed by atoms with van der Waals surface area (Å²) in [7, 11) is 1.75. The zero-order chi connectivity index (χ0) is 23.3. The van der Waals surface area contributed by atoms with E-state index in [2.05, 4.69) is 5.32 Å². The quantitative estimate of drug-likeness (QED) is 0.611. The van der Waals surface area contributed by atoms with E-state index in [0.717, 1.165) is 31.7 Å². The smallest absolute Gasteiger partial charge is 0.339 e. The summed E-state index contributed by atoms with van der Waals surface area (Å²) in [6.07, 6.45) is 4.07. The van der Waals surface area contributed by atoms with E-state index in [1.54, 1.807) is 30.1 Å². The van der Waals surface area contributed by atoms with Crippen molar-refractivity contribution in [1.82, 2.24) is 4.90 Å². The number of carbonyl (C=O) groups is 3. The minimum absolute atomic E-state index is 0.102. The van der Waals surface area contributed by atoms with E-state index in [-0.39, 0.29) is 33.8 Å². The lowest BCUT2D eigenvalue weighted by atomic mass is 9.94. The second-order valence-electron chi connectivity index (χ2n) is 7.92. The summed E-state index contributed by atoms with van der Waals surface area (Å²) in [5.74, 6) is -2.24. The highest BCUT2D eigenvalue weighted by Crippen LogP contribution is 2.24. The standard InChI is InChI=1S/C24H26ClFN2O4/c1-15(22(29)27-16-12-13-21(26)20(25)14-16)32-24(31)19-11-7-6-10-18(19)23(30)28(2)17-8-4-3-5-9-17/h6-7,10-15,17H,3-5,8-9H2,1-2H3,(H,27,29). The van der Waals surface area contributed by atoms with Crippen molar-refractivity contribution < 1.29 is 23.5 Å². The Bertz CT molecular complexity index is 1010. The third-order valence-electron chi connectivity index (χ3n) is 5.66. The van der Waals surface area contributed by atoms with Gasteiger partial charge in [0, 0.05) is 18.8 Å². The zero-order valence-corrected chi connectivity index (χ0v) is 18.8. The summed E-state index contributed by atoms with van der Waals surface area (Å²) in [5.41, 5.74) is 0.613. The lowest BCUT2D eigenvalue weighted by molar-refractivity contribution is -0.123. The van der Waals surface area contributed by atoms with Crippen LogP contribution >= 0.6 is 11.6 Å². The first kappa shape index (κ1) is 23.7. The van der Waals surface area contributed by atoms with Crippen LogP contribution in [0.3, 0.4) is 0 Å². The number of hydrogen-bond donors (Lipinski definition) is 1. The molecule has 0 aromatic heterocycles. The van der Waals surface area contributed by atoms with Crippen LogP contribution in [0, 0.1) is 5.82 Å². The van der Waals surface area contributed by atoms with Crippen LogP contribution in [0.2, 0.25) is 5.02 Å². The number of halogens is 2. The number of nitrogens with one attached hydrogen (secondary N) is 1. The fourth-order valence-corrected chi connectivity index (χ4v) is 3.95. The Morgan fingerprint density at radius 2 is 1.75 bits per heavy atom. The molecule has 0 spiro atoms. The van der Waals surface area contributed by atoms with Gasteiger partial charge in [-0.3, -0.25) is 9.59 Å². The molecule has 0 bridgehead atoms. The molecule has 1 aliphatic carbocycles. The van der Waals surface area contributed by atoms with Gasteiger partial charge in [0.05, 0.1) is 16.1 Å². The number of anilines is 1. The molecular weight excluding hydrogens is 435 g/mol. The molecule has 2 amide bonds. The Kier molecular flexibility index (Phi) is 7.85. The Balaban J connectivity index is 1.68. The first-order valence-corrected chi connectivity index (χ1v) is 11.0. The van der Waals surface area contributed by atoms with E-state index in [1.807, 2.05) is 0 Å². The van der Waals surface area contributed by atoms with Gasteiger partial charge in [0.25, 0.3) is 11.8 Å². The van der Waals surface area contributed by atoms with E-state index in [1.165, 1.54) is 31.5 Å². The molecule has 8 heteroatoms. The highest BCUT2D eigenvalue weighted by atomic mass is 35.5. The van der Waals surface area contributed by atoms with Crippen LogP contribution in [0.15, 0.2) is 42.5 Å². The molecule has 2 aromatic rings. The van der Waals surface area contributed by atoms with Gasteiger partial charge >= 0.3 is 5.97 Å². The normalized spacial score (nSPS) is 15.0. The molecule has 32 heavy (non-hydrogen) atoms. The van der Waals surface area contributed by atoms with Crippen LogP contribution in [0.25, 0.3) is 0 Å². The van der Waals surface area contributed by atoms with E-state index in [4.69, 9.17) is 16.3 Å². The summed E-state index contributed by atoms with van der Waals surface area (Å²) < 4.78 is 18.6. The van der Waals surface area contributed by atoms with Crippen molar-refractivity contribution in [3.05, 3.63) is 64.4 Å². The van der Waals surface area contributed by atoms with Crippen molar-refractivity contribution in [2.45, 2.75) is 51.2 Å². The fraction of sp³-hybridized carbons (Fsp3) is 0.375. The predicted molar refractivity (Wildman–Crippen MR) is 120 cm³/mol. The topological polar surface area (TPSA) is 75.7 Å². The van der Waals surface area contributed by atoms with Gasteiger partial charge in [-0.15, -0.1) is 0 Å². The number of amides is 2. The number of benzene rings is 2. The van der Waals surface area contributed by atoms with Crippen LogP contribution in [0.4, 0.5) is 10.1 Å². The number of hydrogen-bond acceptors (Lipinski definition) is 4. The molecule has 0 heterocycles. The van der Waals surface area contributed by atoms with Gasteiger partial charge in [-0.1, -0.05) is 43.0 Å². The summed E-state index contributed by atoms with van der Waals surface area (Å²) in [4.78, 5) is 40.0. The largest absolute Gasteiger partial charge is 0.449 e. The molecule has 0 saturated heterocycles. The lowest BCUT2D eigenvalue weighted by Crippen LogP contribution is -2.39. The highest BCUT2D eigenvalue weighted by Gasteiger charge is 2.28. The second-order valence-corrected chi connectivity index (χ2v) is 8.33. The van der Waals surface area contributed by atoms with Crippen molar-refractivity contribution in [2.75, 3.05) is 12.4 Å². The fourth-order valence-electron chi connectivity index (χ4n) is 3.77. The third kappa shape index (κ3) is 5.65. The third-order valence-corrected chi connectivity index (χ3v) is 5.95. The van der Waals surface area contributed by atoms with E-state index in [0.29, 0.717) is 0 Å². The maximum Gasteiger partial charge on any atom is 0.339 e. The minimum atomic E-state index is -1.15. The SMILES string of the molecule is CC(OC(=O)c1ccccc1C(=O)N(C)C1CCCCC1)C(=O)Nc1ccc(F)c(Cl)c1. The van der Waals surface area contributed by atoms with E-state index < -0.39 is 23.8 Å². The molecule has 0 aliphatic heterocycles. The molecule has 1 unspecified atom stereocenters. The van der Waals surface area contributed by atoms with Crippen molar-refractivity contribution in [3.63, 3.8) is 0 Å². The molecule has 1 N–H and O–H groups in total. The summed E-state index contributed by atoms with van der Waals surface area (Å²) in [6, 6.07) is 10.3. The number of rotatable bonds is 6. The predicted octanol–water partition coefficient (Wildman–Crippen LogP) is 5.07. The van der Waals surface area contributed by atoms with Gasteiger partial charge in [0.15, 0.2) is 6.10 Å². The van der Waals surface area contributed by atoms with Crippen molar-refractivity contribution in [3.8, 4) is 0 Å². The van der Waals surface area contributed by atoms with Crippen molar-refractivity contribution in [1.29, 1.82) is 0 Å². The van der Waals surface area contributed by atoms with Crippen LogP contribution in [-0.4, -0.2) is 41.9 Å². The first-order valence-electron chi connectivity index (χ1n) is 10.6. The Morgan fingerprint density at radius 1 is 1.09 bits per heavy atom. The average molecular weight is 461 g/mol. The van der Waals surface area contributed by atoms with Gasteiger partial charge in [-0.25, -0.2) is 9.18 Å². The van der Waals surface area contributed by atoms with Crippen molar-refractivity contribution in [2.24, 2.45) is 0 Å². The van der Waals surface area contributed by atoms with Crippen LogP contribution < -0.4 is 5.32 Å². The van der Waals surface area contributed by atoms with Crippen LogP contribution in [0.1, 0.15) is 59.7 Å². The molecule has 1 fully saturated rings. The molecular formula is C24H26ClFN2O4. The number of nitrogens with zero attached hydrogens (tertiary/aromatic N) is 1. The Hall–Kier alpha value is -2.93. The Labute approximate surface area is 191 Å². The molecule has 1 atom stereocenters. The second kappa shape index (κ2) is 10.6. The van der Waals surface area contributed by atoms with E-state index in [9.17, 15) is 18.8 Å². The van der Waals surface area contributed by atoms with Crippen LogP contribution in [0.5, 0.6) is 0 Å². The molecule has 0 radical (unpaired) electrons. The maximum atomic E-state index is 13.3. The molecule has 1 saturated carbocycles. The number of carbonyl (C=O) groups excluding carboxylic acids is 3. The lowest BCUT2D eigenvalue weighted by Gasteiger charge is -2.31. The van der Waals surface area contributed by atoms with Gasteiger partial charge in [0.1, 0.15) is 5.82 Å². The zero-order valence-electron chi connectivity index (χ0n) is 18.1. The summed E-state index contributed by atoms with van der Waals surface area (Å²) >= 11 is 5.72. The highest BCUT2D eigenvalue weighted by molar-refractivity contribution is 6.31. The Morgan fingerprint density at radius 3 is 2.41 bits per heavy atom. The van der Waals surface area contributed by atoms with Gasteiger partial charge in [-0.2, -0.15) is 0 Å². The van der Waals surface area contributed by atoms with Crippen LogP contribution in [-0.2, 0) is 9.53 Å². The molecule has 6 nitrogen and oxygen atoms in total. The maximum absolute atomic E-state index is 13.3. The van der Waals surface area contributed by atoms with Gasteiger partial charge in [0.2, 0.25) is 0 Å². The van der Waals surface area contributed by atoms with Crippen molar-refractivity contribution >= 4 is 35.1 Å². The number of esters is 1. The monoisotopic (exact) mass is 460 g/mol. The molecule has 3 rings (SSSR count). The summed E-state index contributed by atoms with van der Waals surface area (Å²) in [5, 5.41) is 2.39. The first-order chi connectivity index (χ1) is 15.3. The van der Waals surface area contributed by atoms with Gasteiger partial charge < -0.3 is 15.0 Å². The number of ether oxygens (including phenoxy) is 1. The average Bonchev–Trinajstić information content (AvgIpc) is 2.81.